The van der Waals surface area contributed by atoms with Crippen molar-refractivity contribution in [2.45, 2.75) is 6.54 Å². The van der Waals surface area contributed by atoms with Gasteiger partial charge in [-0.05, 0) is 26.7 Å². The lowest BCUT2D eigenvalue weighted by molar-refractivity contribution is 0.505. The zero-order chi connectivity index (χ0) is 9.40. The average molecular weight is 409 g/mol. The molecule has 0 aliphatic heterocycles. The van der Waals surface area contributed by atoms with E-state index < -0.39 is 0 Å². The van der Waals surface area contributed by atoms with E-state index in [1.165, 1.54) is 5.56 Å². The highest BCUT2D eigenvalue weighted by Crippen LogP contribution is 1.94. The monoisotopic (exact) mass is 406 g/mol. The number of benzene rings is 1. The number of nitrogens with zero attached hydrogens (tertiary/aromatic N) is 1. The summed E-state index contributed by atoms with van der Waals surface area (Å²) in [7, 11) is 6.00. The summed E-state index contributed by atoms with van der Waals surface area (Å²) in [6.07, 6.45) is 0. The van der Waals surface area contributed by atoms with Crippen molar-refractivity contribution >= 4 is 50.9 Å². The van der Waals surface area contributed by atoms with Crippen LogP contribution in [0.1, 0.15) is 5.56 Å². The summed E-state index contributed by atoms with van der Waals surface area (Å²) < 4.78 is 0. The molecule has 1 rings (SSSR count). The Hall–Kier alpha value is 0.580. The van der Waals surface area contributed by atoms with E-state index in [-0.39, 0.29) is 50.9 Å². The first-order valence-corrected chi connectivity index (χ1v) is 4.01. The Kier molecular flexibility index (Phi) is 28.0. The molecule has 2 N–H and O–H groups in total. The lowest BCUT2D eigenvalue weighted by Gasteiger charge is -1.90. The zero-order valence-corrected chi connectivity index (χ0v) is 14.5. The number of nitrogens with two attached hydrogens (primary N) is 1. The fourth-order valence-corrected chi connectivity index (χ4v) is 0.614. The molecule has 92 valence electrons. The minimum Gasteiger partial charge on any atom is -0.326 e. The summed E-state index contributed by atoms with van der Waals surface area (Å²) in [5, 5.41) is 0. The van der Waals surface area contributed by atoms with Crippen molar-refractivity contribution in [3.8, 4) is 0 Å². The molecular weight excluding hydrogens is 388 g/mol. The Labute approximate surface area is 125 Å². The molecule has 2 nitrogen and oxygen atoms in total. The van der Waals surface area contributed by atoms with Crippen molar-refractivity contribution in [2.75, 3.05) is 21.1 Å². The second-order valence-corrected chi connectivity index (χ2v) is 3.03. The molecule has 0 aliphatic rings. The molecule has 0 unspecified atom stereocenters. The molecule has 0 heterocycles. The van der Waals surface area contributed by atoms with E-state index in [0.717, 1.165) is 0 Å². The molecule has 0 saturated heterocycles. The predicted octanol–water partition coefficient (Wildman–Crippen LogP) is 3.06. The molecule has 1 aromatic carbocycles. The Morgan fingerprint density at radius 3 is 1.47 bits per heavy atom. The minimum atomic E-state index is 0. The number of rotatable bonds is 1. The Bertz CT molecular complexity index is 190. The van der Waals surface area contributed by atoms with Gasteiger partial charge < -0.3 is 10.6 Å². The Morgan fingerprint density at radius 2 is 1.27 bits per heavy atom. The highest BCUT2D eigenvalue weighted by Gasteiger charge is 1.80. The van der Waals surface area contributed by atoms with Gasteiger partial charge in [0.15, 0.2) is 0 Å². The number of hydrogen-bond acceptors (Lipinski definition) is 2. The van der Waals surface area contributed by atoms with Crippen LogP contribution in [0.25, 0.3) is 0 Å². The first-order chi connectivity index (χ1) is 5.66. The van der Waals surface area contributed by atoms with Gasteiger partial charge in [-0.1, -0.05) is 30.3 Å². The SMILES string of the molecule is Br.Br.Br.CN(C)C.NCc1ccccc1. The summed E-state index contributed by atoms with van der Waals surface area (Å²) >= 11 is 0. The van der Waals surface area contributed by atoms with Gasteiger partial charge in [-0.2, -0.15) is 0 Å². The van der Waals surface area contributed by atoms with E-state index in [0.29, 0.717) is 6.54 Å². The zero-order valence-electron chi connectivity index (χ0n) is 9.34. The molecular formula is C10H21Br3N2. The minimum absolute atomic E-state index is 0. The quantitative estimate of drug-likeness (QED) is 0.773. The molecule has 0 spiro atoms. The van der Waals surface area contributed by atoms with E-state index in [2.05, 4.69) is 0 Å². The van der Waals surface area contributed by atoms with Gasteiger partial charge in [0.05, 0.1) is 0 Å². The maximum absolute atomic E-state index is 5.35. The molecule has 1 aromatic rings. The van der Waals surface area contributed by atoms with E-state index in [9.17, 15) is 0 Å². The average Bonchev–Trinajstić information content (AvgIpc) is 2.05. The first kappa shape index (κ1) is 24.7. The van der Waals surface area contributed by atoms with Gasteiger partial charge in [-0.25, -0.2) is 0 Å². The van der Waals surface area contributed by atoms with Crippen molar-refractivity contribution < 1.29 is 0 Å². The number of hydrogen-bond donors (Lipinski definition) is 1. The van der Waals surface area contributed by atoms with E-state index in [4.69, 9.17) is 5.73 Å². The van der Waals surface area contributed by atoms with Crippen LogP contribution in [-0.2, 0) is 6.54 Å². The van der Waals surface area contributed by atoms with Crippen LogP contribution < -0.4 is 5.73 Å². The summed E-state index contributed by atoms with van der Waals surface area (Å²) in [6.45, 7) is 0.640. The van der Waals surface area contributed by atoms with Crippen LogP contribution in [0.5, 0.6) is 0 Å². The molecule has 0 bridgehead atoms. The molecule has 0 amide bonds. The van der Waals surface area contributed by atoms with Crippen LogP contribution in [0.2, 0.25) is 0 Å². The normalized spacial score (nSPS) is 7.27. The molecule has 15 heavy (non-hydrogen) atoms. The van der Waals surface area contributed by atoms with Crippen molar-refractivity contribution in [3.63, 3.8) is 0 Å². The lowest BCUT2D eigenvalue weighted by Crippen LogP contribution is -1.99. The van der Waals surface area contributed by atoms with Crippen LogP contribution in [0.4, 0.5) is 0 Å². The van der Waals surface area contributed by atoms with Crippen LogP contribution in [0, 0.1) is 0 Å². The largest absolute Gasteiger partial charge is 0.326 e. The fraction of sp³-hybridized carbons (Fsp3) is 0.400. The topological polar surface area (TPSA) is 29.3 Å². The second-order valence-electron chi connectivity index (χ2n) is 3.03. The third-order valence-corrected chi connectivity index (χ3v) is 1.08. The first-order valence-electron chi connectivity index (χ1n) is 4.01. The van der Waals surface area contributed by atoms with Crippen LogP contribution in [0.3, 0.4) is 0 Å². The maximum atomic E-state index is 5.35. The molecule has 0 radical (unpaired) electrons. The van der Waals surface area contributed by atoms with E-state index >= 15 is 0 Å². The Balaban J connectivity index is -0.0000000779. The predicted molar refractivity (Wildman–Crippen MR) is 84.9 cm³/mol. The molecule has 0 saturated carbocycles. The fourth-order valence-electron chi connectivity index (χ4n) is 0.614. The van der Waals surface area contributed by atoms with Crippen molar-refractivity contribution in [1.29, 1.82) is 0 Å². The highest BCUT2D eigenvalue weighted by molar-refractivity contribution is 8.93. The molecule has 0 atom stereocenters. The molecule has 0 aliphatic carbocycles. The summed E-state index contributed by atoms with van der Waals surface area (Å²) in [4.78, 5) is 2.00. The second kappa shape index (κ2) is 17.0. The third kappa shape index (κ3) is 20.6. The van der Waals surface area contributed by atoms with Crippen molar-refractivity contribution in [2.24, 2.45) is 5.73 Å². The third-order valence-electron chi connectivity index (χ3n) is 1.08. The number of halogens is 3. The van der Waals surface area contributed by atoms with Gasteiger partial charge in [0.2, 0.25) is 0 Å². The van der Waals surface area contributed by atoms with Gasteiger partial charge in [0, 0.05) is 6.54 Å². The van der Waals surface area contributed by atoms with Gasteiger partial charge in [-0.3, -0.25) is 0 Å². The standard InChI is InChI=1S/C7H9N.C3H9N.3BrH/c8-6-7-4-2-1-3-5-7;1-4(2)3;;;/h1-5H,6,8H2;1-3H3;3*1H. The van der Waals surface area contributed by atoms with Crippen molar-refractivity contribution in [3.05, 3.63) is 35.9 Å². The smallest absolute Gasteiger partial charge is 0.0178 e. The van der Waals surface area contributed by atoms with Crippen LogP contribution in [-0.4, -0.2) is 26.0 Å². The molecule has 5 heteroatoms. The Morgan fingerprint density at radius 1 is 0.933 bits per heavy atom. The summed E-state index contributed by atoms with van der Waals surface area (Å²) in [5.74, 6) is 0. The van der Waals surface area contributed by atoms with Gasteiger partial charge in [-0.15, -0.1) is 50.9 Å². The molecule has 0 aromatic heterocycles. The highest BCUT2D eigenvalue weighted by atomic mass is 79.9. The lowest BCUT2D eigenvalue weighted by atomic mass is 10.2. The summed E-state index contributed by atoms with van der Waals surface area (Å²) in [5.41, 5.74) is 6.54. The van der Waals surface area contributed by atoms with Gasteiger partial charge in [0.25, 0.3) is 0 Å². The molecule has 0 fully saturated rings. The van der Waals surface area contributed by atoms with Crippen molar-refractivity contribution in [1.82, 2.24) is 4.90 Å². The maximum Gasteiger partial charge on any atom is 0.0178 e. The van der Waals surface area contributed by atoms with E-state index in [1.807, 2.05) is 56.4 Å². The van der Waals surface area contributed by atoms with Gasteiger partial charge >= 0.3 is 0 Å². The van der Waals surface area contributed by atoms with Gasteiger partial charge in [0.1, 0.15) is 0 Å². The summed E-state index contributed by atoms with van der Waals surface area (Å²) in [6, 6.07) is 9.99. The van der Waals surface area contributed by atoms with Crippen LogP contribution >= 0.6 is 50.9 Å². The van der Waals surface area contributed by atoms with E-state index in [1.54, 1.807) is 0 Å². The van der Waals surface area contributed by atoms with Crippen LogP contribution in [0.15, 0.2) is 30.3 Å².